The number of piperidine rings is 1. The Labute approximate surface area is 127 Å². The largest absolute Gasteiger partial charge is 0.315 e. The van der Waals surface area contributed by atoms with Crippen LogP contribution in [0.1, 0.15) is 31.7 Å². The molecule has 0 amide bonds. The summed E-state index contributed by atoms with van der Waals surface area (Å²) in [6.45, 7) is 6.61. The van der Waals surface area contributed by atoms with Crippen LogP contribution in [-0.4, -0.2) is 35.6 Å². The van der Waals surface area contributed by atoms with Gasteiger partial charge in [-0.15, -0.1) is 0 Å². The van der Waals surface area contributed by atoms with Crippen LogP contribution in [-0.2, 0) is 6.54 Å². The van der Waals surface area contributed by atoms with Gasteiger partial charge in [-0.1, -0.05) is 31.5 Å². The third-order valence-corrected chi connectivity index (χ3v) is 4.49. The first-order valence-electron chi connectivity index (χ1n) is 8.16. The molecule has 1 aliphatic rings. The zero-order chi connectivity index (χ0) is 14.5. The summed E-state index contributed by atoms with van der Waals surface area (Å²) in [7, 11) is 0. The average Bonchev–Trinajstić information content (AvgIpc) is 2.54. The molecule has 1 N–H and O–H groups in total. The van der Waals surface area contributed by atoms with Gasteiger partial charge in [-0.3, -0.25) is 9.88 Å². The summed E-state index contributed by atoms with van der Waals surface area (Å²) in [5.74, 6) is 0. The van der Waals surface area contributed by atoms with Gasteiger partial charge < -0.3 is 5.32 Å². The standard InChI is InChI=1S/C18H25N3/c1-2-19-13-16-7-5-6-12-21(16)14-15-10-11-20-18-9-4-3-8-17(15)18/h3-4,8-11,16,19H,2,5-7,12-14H2,1H3. The van der Waals surface area contributed by atoms with Crippen LogP contribution in [0.15, 0.2) is 36.5 Å². The van der Waals surface area contributed by atoms with Crippen molar-refractivity contribution in [3.8, 4) is 0 Å². The lowest BCUT2D eigenvalue weighted by Gasteiger charge is -2.36. The second kappa shape index (κ2) is 7.01. The third kappa shape index (κ3) is 3.42. The Balaban J connectivity index is 1.79. The van der Waals surface area contributed by atoms with Crippen LogP contribution in [0.2, 0.25) is 0 Å². The molecule has 2 aromatic rings. The Morgan fingerprint density at radius 3 is 3.05 bits per heavy atom. The van der Waals surface area contributed by atoms with E-state index in [1.165, 1.54) is 36.8 Å². The molecule has 3 rings (SSSR count). The Morgan fingerprint density at radius 2 is 2.14 bits per heavy atom. The number of para-hydroxylation sites is 1. The summed E-state index contributed by atoms with van der Waals surface area (Å²) in [5, 5.41) is 4.82. The van der Waals surface area contributed by atoms with Crippen molar-refractivity contribution in [3.05, 3.63) is 42.1 Å². The summed E-state index contributed by atoms with van der Waals surface area (Å²) in [6, 6.07) is 11.3. The molecule has 0 bridgehead atoms. The maximum absolute atomic E-state index is 4.47. The van der Waals surface area contributed by atoms with Gasteiger partial charge in [0, 0.05) is 30.7 Å². The van der Waals surface area contributed by atoms with E-state index in [9.17, 15) is 0 Å². The summed E-state index contributed by atoms with van der Waals surface area (Å²) in [4.78, 5) is 7.12. The zero-order valence-electron chi connectivity index (χ0n) is 12.9. The molecule has 112 valence electrons. The molecule has 0 spiro atoms. The van der Waals surface area contributed by atoms with E-state index in [2.05, 4.69) is 52.5 Å². The number of aromatic nitrogens is 1. The number of fused-ring (bicyclic) bond motifs is 1. The van der Waals surface area contributed by atoms with Crippen LogP contribution >= 0.6 is 0 Å². The maximum Gasteiger partial charge on any atom is 0.0705 e. The molecule has 2 heterocycles. The normalized spacial score (nSPS) is 20.0. The number of benzene rings is 1. The van der Waals surface area contributed by atoms with Gasteiger partial charge in [-0.05, 0) is 43.6 Å². The Kier molecular flexibility index (Phi) is 4.84. The summed E-state index contributed by atoms with van der Waals surface area (Å²) < 4.78 is 0. The smallest absolute Gasteiger partial charge is 0.0705 e. The van der Waals surface area contributed by atoms with E-state index in [0.717, 1.165) is 25.2 Å². The number of pyridine rings is 1. The first-order valence-corrected chi connectivity index (χ1v) is 8.16. The van der Waals surface area contributed by atoms with Gasteiger partial charge in [-0.2, -0.15) is 0 Å². The van der Waals surface area contributed by atoms with Crippen molar-refractivity contribution in [2.24, 2.45) is 0 Å². The highest BCUT2D eigenvalue weighted by Gasteiger charge is 2.22. The second-order valence-corrected chi connectivity index (χ2v) is 5.91. The fourth-order valence-electron chi connectivity index (χ4n) is 3.32. The molecule has 0 saturated carbocycles. The van der Waals surface area contributed by atoms with E-state index >= 15 is 0 Å². The van der Waals surface area contributed by atoms with E-state index in [4.69, 9.17) is 0 Å². The van der Waals surface area contributed by atoms with Crippen LogP contribution in [0.5, 0.6) is 0 Å². The monoisotopic (exact) mass is 283 g/mol. The van der Waals surface area contributed by atoms with Crippen molar-refractivity contribution in [1.29, 1.82) is 0 Å². The maximum atomic E-state index is 4.47. The first-order chi connectivity index (χ1) is 10.4. The number of likely N-dealkylation sites (N-methyl/N-ethyl adjacent to an activating group) is 1. The summed E-state index contributed by atoms with van der Waals surface area (Å²) in [6.07, 6.45) is 5.95. The molecular weight excluding hydrogens is 258 g/mol. The molecule has 1 fully saturated rings. The molecule has 1 aromatic heterocycles. The molecule has 0 aliphatic carbocycles. The van der Waals surface area contributed by atoms with E-state index in [1.807, 2.05) is 6.20 Å². The highest BCUT2D eigenvalue weighted by molar-refractivity contribution is 5.81. The molecule has 1 aliphatic heterocycles. The van der Waals surface area contributed by atoms with Gasteiger partial charge in [0.05, 0.1) is 5.52 Å². The van der Waals surface area contributed by atoms with Crippen LogP contribution in [0.4, 0.5) is 0 Å². The fraction of sp³-hybridized carbons (Fsp3) is 0.500. The van der Waals surface area contributed by atoms with E-state index in [1.54, 1.807) is 0 Å². The molecule has 3 heteroatoms. The number of nitrogens with one attached hydrogen (secondary N) is 1. The molecule has 3 nitrogen and oxygen atoms in total. The minimum Gasteiger partial charge on any atom is -0.315 e. The summed E-state index contributed by atoms with van der Waals surface area (Å²) in [5.41, 5.74) is 2.51. The van der Waals surface area contributed by atoms with E-state index < -0.39 is 0 Å². The molecular formula is C18H25N3. The van der Waals surface area contributed by atoms with Gasteiger partial charge in [0.15, 0.2) is 0 Å². The average molecular weight is 283 g/mol. The highest BCUT2D eigenvalue weighted by Crippen LogP contribution is 2.23. The van der Waals surface area contributed by atoms with Crippen molar-refractivity contribution in [2.75, 3.05) is 19.6 Å². The number of nitrogens with zero attached hydrogens (tertiary/aromatic N) is 2. The van der Waals surface area contributed by atoms with Crippen molar-refractivity contribution in [3.63, 3.8) is 0 Å². The zero-order valence-corrected chi connectivity index (χ0v) is 12.9. The lowest BCUT2D eigenvalue weighted by Crippen LogP contribution is -2.44. The van der Waals surface area contributed by atoms with E-state index in [0.29, 0.717) is 6.04 Å². The van der Waals surface area contributed by atoms with Crippen molar-refractivity contribution in [2.45, 2.75) is 38.8 Å². The SMILES string of the molecule is CCNCC1CCCCN1Cc1ccnc2ccccc12. The van der Waals surface area contributed by atoms with Gasteiger partial charge in [0.1, 0.15) is 0 Å². The fourth-order valence-corrected chi connectivity index (χ4v) is 3.32. The van der Waals surface area contributed by atoms with Gasteiger partial charge in [0.25, 0.3) is 0 Å². The molecule has 1 unspecified atom stereocenters. The van der Waals surface area contributed by atoms with Crippen LogP contribution in [0, 0.1) is 0 Å². The van der Waals surface area contributed by atoms with Crippen molar-refractivity contribution < 1.29 is 0 Å². The van der Waals surface area contributed by atoms with Gasteiger partial charge in [0.2, 0.25) is 0 Å². The van der Waals surface area contributed by atoms with Crippen LogP contribution in [0.3, 0.4) is 0 Å². The molecule has 1 atom stereocenters. The quantitative estimate of drug-likeness (QED) is 0.913. The van der Waals surface area contributed by atoms with E-state index in [-0.39, 0.29) is 0 Å². The molecule has 1 saturated heterocycles. The predicted molar refractivity (Wildman–Crippen MR) is 88.3 cm³/mol. The Bertz CT molecular complexity index is 576. The number of hydrogen-bond acceptors (Lipinski definition) is 3. The first kappa shape index (κ1) is 14.5. The molecule has 21 heavy (non-hydrogen) atoms. The van der Waals surface area contributed by atoms with Gasteiger partial charge >= 0.3 is 0 Å². The third-order valence-electron chi connectivity index (χ3n) is 4.49. The number of rotatable bonds is 5. The Morgan fingerprint density at radius 1 is 1.24 bits per heavy atom. The topological polar surface area (TPSA) is 28.2 Å². The van der Waals surface area contributed by atoms with Gasteiger partial charge in [-0.25, -0.2) is 0 Å². The Hall–Kier alpha value is -1.45. The predicted octanol–water partition coefficient (Wildman–Crippen LogP) is 3.20. The molecule has 1 aromatic carbocycles. The lowest BCUT2D eigenvalue weighted by atomic mass is 10.00. The lowest BCUT2D eigenvalue weighted by molar-refractivity contribution is 0.138. The number of likely N-dealkylation sites (tertiary alicyclic amines) is 1. The second-order valence-electron chi connectivity index (χ2n) is 5.91. The van der Waals surface area contributed by atoms with Crippen molar-refractivity contribution >= 4 is 10.9 Å². The van der Waals surface area contributed by atoms with Crippen molar-refractivity contribution in [1.82, 2.24) is 15.2 Å². The molecule has 0 radical (unpaired) electrons. The minimum atomic E-state index is 0.672. The van der Waals surface area contributed by atoms with Crippen LogP contribution < -0.4 is 5.32 Å². The van der Waals surface area contributed by atoms with Crippen LogP contribution in [0.25, 0.3) is 10.9 Å². The summed E-state index contributed by atoms with van der Waals surface area (Å²) >= 11 is 0. The number of hydrogen-bond donors (Lipinski definition) is 1. The minimum absolute atomic E-state index is 0.672. The highest BCUT2D eigenvalue weighted by atomic mass is 15.2.